The van der Waals surface area contributed by atoms with E-state index >= 15 is 0 Å². The average Bonchev–Trinajstić information content (AvgIpc) is 2.84. The van der Waals surface area contributed by atoms with E-state index in [9.17, 15) is 27.3 Å². The van der Waals surface area contributed by atoms with E-state index in [0.29, 0.717) is 51.4 Å². The fraction of sp³-hybridized carbons (Fsp3) is 0.917. The molecule has 11 heteroatoms. The van der Waals surface area contributed by atoms with Crippen LogP contribution >= 0.6 is 0 Å². The number of halogens is 2. The molecule has 0 aromatic carbocycles. The van der Waals surface area contributed by atoms with Crippen LogP contribution in [0.2, 0.25) is 0 Å². The molecule has 1 heterocycles. The normalized spacial score (nSPS) is 40.9. The third-order valence-electron chi connectivity index (χ3n) is 8.17. The lowest BCUT2D eigenvalue weighted by Gasteiger charge is -2.49. The molecule has 4 rings (SSSR count). The van der Waals surface area contributed by atoms with Gasteiger partial charge in [0.2, 0.25) is 15.9 Å². The van der Waals surface area contributed by atoms with Crippen molar-refractivity contribution >= 4 is 15.9 Å². The van der Waals surface area contributed by atoms with Crippen LogP contribution in [0.1, 0.15) is 64.2 Å². The highest BCUT2D eigenvalue weighted by molar-refractivity contribution is 7.89. The van der Waals surface area contributed by atoms with E-state index in [0.717, 1.165) is 0 Å². The van der Waals surface area contributed by atoms with E-state index < -0.39 is 51.6 Å². The molecule has 35 heavy (non-hydrogen) atoms. The van der Waals surface area contributed by atoms with Crippen LogP contribution < -0.4 is 5.32 Å². The summed E-state index contributed by atoms with van der Waals surface area (Å²) in [5, 5.41) is 11.6. The summed E-state index contributed by atoms with van der Waals surface area (Å²) < 4.78 is 69.2. The molecule has 0 bridgehead atoms. The summed E-state index contributed by atoms with van der Waals surface area (Å²) in [5.41, 5.74) is 0. The molecular formula is C24H37F2N3O5S. The van der Waals surface area contributed by atoms with Crippen LogP contribution in [0.3, 0.4) is 0 Å². The molecule has 3 aliphatic carbocycles. The van der Waals surface area contributed by atoms with Gasteiger partial charge >= 0.3 is 0 Å². The number of hydrogen-bond donors (Lipinski definition) is 1. The number of ether oxygens (including phenoxy) is 2. The van der Waals surface area contributed by atoms with Crippen LogP contribution in [0.5, 0.6) is 0 Å². The minimum atomic E-state index is -3.73. The first kappa shape index (κ1) is 26.7. The van der Waals surface area contributed by atoms with Crippen LogP contribution in [-0.2, 0) is 24.3 Å². The summed E-state index contributed by atoms with van der Waals surface area (Å²) in [6, 6.07) is 1.36. The van der Waals surface area contributed by atoms with Gasteiger partial charge < -0.3 is 14.8 Å². The van der Waals surface area contributed by atoms with Crippen molar-refractivity contribution in [3.63, 3.8) is 0 Å². The van der Waals surface area contributed by atoms with Crippen molar-refractivity contribution < 1.29 is 31.5 Å². The number of alkyl halides is 2. The monoisotopic (exact) mass is 517 g/mol. The molecule has 4 fully saturated rings. The standard InChI is InChI=1S/C24H37F2N3O5S/c1-33-14-17-13-29(35(31,32)18-5-2-4-15(10-18)12-27)21-11-16(8-9-22(21)34-17)28-24(30)23-19(25)6-3-7-20(23)26/h15-23H,2-11,13-14H2,1H3,(H,28,30). The number of nitriles is 1. The second-order valence-corrected chi connectivity index (χ2v) is 12.7. The molecule has 8 atom stereocenters. The summed E-state index contributed by atoms with van der Waals surface area (Å²) >= 11 is 0. The van der Waals surface area contributed by atoms with Gasteiger partial charge in [0.1, 0.15) is 18.3 Å². The average molecular weight is 518 g/mol. The molecule has 1 amide bonds. The maximum absolute atomic E-state index is 14.3. The fourth-order valence-corrected chi connectivity index (χ4v) is 8.65. The zero-order valence-electron chi connectivity index (χ0n) is 20.3. The third-order valence-corrected chi connectivity index (χ3v) is 10.5. The molecule has 8 unspecified atom stereocenters. The molecular weight excluding hydrogens is 480 g/mol. The van der Waals surface area contributed by atoms with Gasteiger partial charge in [-0.25, -0.2) is 17.2 Å². The maximum Gasteiger partial charge on any atom is 0.229 e. The highest BCUT2D eigenvalue weighted by Gasteiger charge is 2.49. The van der Waals surface area contributed by atoms with E-state index in [-0.39, 0.29) is 44.1 Å². The predicted octanol–water partition coefficient (Wildman–Crippen LogP) is 2.63. The summed E-state index contributed by atoms with van der Waals surface area (Å²) in [6.07, 6.45) is 0.668. The van der Waals surface area contributed by atoms with Gasteiger partial charge in [-0.15, -0.1) is 0 Å². The largest absolute Gasteiger partial charge is 0.382 e. The maximum atomic E-state index is 14.3. The lowest BCUT2D eigenvalue weighted by Crippen LogP contribution is -2.63. The fourth-order valence-electron chi connectivity index (χ4n) is 6.35. The second kappa shape index (κ2) is 11.4. The first-order valence-electron chi connectivity index (χ1n) is 12.9. The number of carbonyl (C=O) groups is 1. The zero-order valence-corrected chi connectivity index (χ0v) is 21.1. The summed E-state index contributed by atoms with van der Waals surface area (Å²) in [5.74, 6) is -2.20. The van der Waals surface area contributed by atoms with E-state index in [2.05, 4.69) is 11.4 Å². The number of sulfonamides is 1. The van der Waals surface area contributed by atoms with Crippen molar-refractivity contribution in [2.45, 2.75) is 106 Å². The Morgan fingerprint density at radius 3 is 2.51 bits per heavy atom. The summed E-state index contributed by atoms with van der Waals surface area (Å²) in [6.45, 7) is 0.409. The van der Waals surface area contributed by atoms with Crippen LogP contribution in [-0.4, -0.2) is 80.8 Å². The molecule has 1 saturated heterocycles. The molecule has 0 radical (unpaired) electrons. The molecule has 1 N–H and O–H groups in total. The third kappa shape index (κ3) is 5.81. The Kier molecular flexibility index (Phi) is 8.67. The Bertz CT molecular complexity index is 890. The van der Waals surface area contributed by atoms with Crippen molar-refractivity contribution in [2.75, 3.05) is 20.3 Å². The number of morpholine rings is 1. The number of amides is 1. The van der Waals surface area contributed by atoms with Crippen molar-refractivity contribution in [3.05, 3.63) is 0 Å². The van der Waals surface area contributed by atoms with Crippen LogP contribution in [0.25, 0.3) is 0 Å². The van der Waals surface area contributed by atoms with Crippen molar-refractivity contribution in [1.29, 1.82) is 5.26 Å². The summed E-state index contributed by atoms with van der Waals surface area (Å²) in [4.78, 5) is 12.8. The van der Waals surface area contributed by atoms with Gasteiger partial charge in [0.25, 0.3) is 0 Å². The smallest absolute Gasteiger partial charge is 0.229 e. The van der Waals surface area contributed by atoms with Crippen LogP contribution in [0, 0.1) is 23.2 Å². The van der Waals surface area contributed by atoms with Crippen molar-refractivity contribution in [1.82, 2.24) is 9.62 Å². The Labute approximate surface area is 206 Å². The number of hydrogen-bond acceptors (Lipinski definition) is 6. The van der Waals surface area contributed by atoms with Gasteiger partial charge in [0, 0.05) is 25.6 Å². The van der Waals surface area contributed by atoms with Crippen molar-refractivity contribution in [2.24, 2.45) is 11.8 Å². The predicted molar refractivity (Wildman–Crippen MR) is 124 cm³/mol. The Hall–Kier alpha value is -1.35. The van der Waals surface area contributed by atoms with E-state index in [1.54, 1.807) is 7.11 Å². The number of nitrogens with zero attached hydrogens (tertiary/aromatic N) is 2. The number of nitrogens with one attached hydrogen (secondary N) is 1. The Morgan fingerprint density at radius 1 is 1.11 bits per heavy atom. The van der Waals surface area contributed by atoms with Gasteiger partial charge in [-0.1, -0.05) is 6.42 Å². The van der Waals surface area contributed by atoms with Gasteiger partial charge in [-0.05, 0) is 57.8 Å². The van der Waals surface area contributed by atoms with Gasteiger partial charge in [0.05, 0.1) is 36.2 Å². The highest BCUT2D eigenvalue weighted by Crippen LogP contribution is 2.38. The number of rotatable bonds is 6. The Morgan fingerprint density at radius 2 is 1.83 bits per heavy atom. The van der Waals surface area contributed by atoms with Crippen LogP contribution in [0.4, 0.5) is 8.78 Å². The van der Waals surface area contributed by atoms with E-state index in [4.69, 9.17) is 9.47 Å². The molecule has 4 aliphatic rings. The van der Waals surface area contributed by atoms with Crippen molar-refractivity contribution in [3.8, 4) is 6.07 Å². The minimum Gasteiger partial charge on any atom is -0.382 e. The zero-order chi connectivity index (χ0) is 25.2. The minimum absolute atomic E-state index is 0.146. The van der Waals surface area contributed by atoms with Gasteiger partial charge in [-0.3, -0.25) is 4.79 Å². The molecule has 0 aromatic rings. The number of fused-ring (bicyclic) bond motifs is 1. The lowest BCUT2D eigenvalue weighted by molar-refractivity contribution is -0.138. The number of carbonyl (C=O) groups excluding carboxylic acids is 1. The SMILES string of the molecule is COCC1CN(S(=O)(=O)C2CCCC(C#N)C2)C2CC(NC(=O)C3C(F)CCCC3F)CCC2O1. The Balaban J connectivity index is 1.50. The van der Waals surface area contributed by atoms with E-state index in [1.165, 1.54) is 4.31 Å². The highest BCUT2D eigenvalue weighted by atomic mass is 32.2. The summed E-state index contributed by atoms with van der Waals surface area (Å²) in [7, 11) is -2.18. The lowest BCUT2D eigenvalue weighted by atomic mass is 9.83. The van der Waals surface area contributed by atoms with Crippen LogP contribution in [0.15, 0.2) is 0 Å². The molecule has 3 saturated carbocycles. The topological polar surface area (TPSA) is 109 Å². The van der Waals surface area contributed by atoms with Gasteiger partial charge in [-0.2, -0.15) is 9.57 Å². The van der Waals surface area contributed by atoms with Gasteiger partial charge in [0.15, 0.2) is 0 Å². The number of methoxy groups -OCH3 is 1. The second-order valence-electron chi connectivity index (χ2n) is 10.6. The molecule has 0 aromatic heterocycles. The molecule has 0 spiro atoms. The molecule has 1 aliphatic heterocycles. The molecule has 198 valence electrons. The van der Waals surface area contributed by atoms with E-state index in [1.807, 2.05) is 0 Å². The molecule has 8 nitrogen and oxygen atoms in total. The first-order chi connectivity index (χ1) is 16.7. The quantitative estimate of drug-likeness (QED) is 0.580. The first-order valence-corrected chi connectivity index (χ1v) is 14.4.